The summed E-state index contributed by atoms with van der Waals surface area (Å²) in [6.07, 6.45) is 0.0752. The van der Waals surface area contributed by atoms with Gasteiger partial charge in [-0.05, 0) is 65.5 Å². The standard InChI is InChI=1S/C27H39N7O.2C2HF3O2/c1-17(2)8-7-9-18(3)14-15-30-26(35)25-31-21-13-12-19(4)16-20(21)24(34-25)32-22-10-5-6-11-23(22)33-27(28)29;2*3-2(4,5)1(6)7/h8,12-14,16,22-23H,5-7,9-11,15H2,1-4H3,(H,30,35)(H4,28,29,33)(H,31,32,34);2*(H,6,7)/b18-14+;;. The van der Waals surface area contributed by atoms with Gasteiger partial charge in [0.25, 0.3) is 5.91 Å². The number of benzene rings is 1. The molecule has 0 saturated heterocycles. The van der Waals surface area contributed by atoms with Crippen molar-refractivity contribution in [2.24, 2.45) is 16.5 Å². The summed E-state index contributed by atoms with van der Waals surface area (Å²) in [4.78, 5) is 44.4. The largest absolute Gasteiger partial charge is 0.490 e. The fraction of sp³-hybridized carbons (Fsp3) is 0.484. The zero-order chi connectivity index (χ0) is 37.5. The number of carboxylic acid groups (broad SMARTS) is 2. The first-order valence-electron chi connectivity index (χ1n) is 14.9. The van der Waals surface area contributed by atoms with E-state index in [1.54, 1.807) is 0 Å². The highest BCUT2D eigenvalue weighted by Gasteiger charge is 2.39. The molecule has 0 radical (unpaired) electrons. The highest BCUT2D eigenvalue weighted by Crippen LogP contribution is 2.28. The third-order valence-corrected chi connectivity index (χ3v) is 6.71. The van der Waals surface area contributed by atoms with E-state index in [-0.39, 0.29) is 29.8 Å². The van der Waals surface area contributed by atoms with E-state index in [1.165, 1.54) is 11.1 Å². The van der Waals surface area contributed by atoms with Crippen LogP contribution in [0.4, 0.5) is 32.2 Å². The average molecular weight is 706 g/mol. The van der Waals surface area contributed by atoms with Crippen molar-refractivity contribution in [3.05, 3.63) is 52.9 Å². The molecular weight excluding hydrogens is 664 g/mol. The number of nitrogens with one attached hydrogen (secondary N) is 2. The Kier molecular flexibility index (Phi) is 16.5. The lowest BCUT2D eigenvalue weighted by molar-refractivity contribution is -0.193. The number of aromatic nitrogens is 2. The van der Waals surface area contributed by atoms with Gasteiger partial charge >= 0.3 is 24.3 Å². The quantitative estimate of drug-likeness (QED) is 0.0821. The van der Waals surface area contributed by atoms with Crippen molar-refractivity contribution in [1.82, 2.24) is 15.3 Å². The van der Waals surface area contributed by atoms with Crippen molar-refractivity contribution in [1.29, 1.82) is 0 Å². The van der Waals surface area contributed by atoms with Gasteiger partial charge in [-0.3, -0.25) is 4.79 Å². The summed E-state index contributed by atoms with van der Waals surface area (Å²) in [5.74, 6) is -4.93. The van der Waals surface area contributed by atoms with E-state index < -0.39 is 24.3 Å². The van der Waals surface area contributed by atoms with Crippen LogP contribution in [0.5, 0.6) is 0 Å². The number of nitrogens with zero attached hydrogens (tertiary/aromatic N) is 3. The Balaban J connectivity index is 0.000000717. The van der Waals surface area contributed by atoms with Gasteiger partial charge in [-0.1, -0.05) is 47.8 Å². The molecule has 272 valence electrons. The number of fused-ring (bicyclic) bond motifs is 1. The van der Waals surface area contributed by atoms with Crippen molar-refractivity contribution in [3.8, 4) is 0 Å². The highest BCUT2D eigenvalue weighted by molar-refractivity contribution is 5.96. The Morgan fingerprint density at radius 1 is 0.959 bits per heavy atom. The normalized spacial score (nSPS) is 16.2. The minimum atomic E-state index is -5.08. The first kappa shape index (κ1) is 42.1. The van der Waals surface area contributed by atoms with Crippen molar-refractivity contribution < 1.29 is 50.9 Å². The second-order valence-corrected chi connectivity index (χ2v) is 11.3. The van der Waals surface area contributed by atoms with E-state index in [0.717, 1.165) is 55.0 Å². The number of rotatable bonds is 9. The molecule has 1 saturated carbocycles. The first-order valence-corrected chi connectivity index (χ1v) is 14.9. The van der Waals surface area contributed by atoms with Crippen LogP contribution in [-0.4, -0.2) is 75.0 Å². The van der Waals surface area contributed by atoms with Crippen LogP contribution in [0, 0.1) is 6.92 Å². The van der Waals surface area contributed by atoms with E-state index in [0.29, 0.717) is 12.4 Å². The van der Waals surface area contributed by atoms with Gasteiger partial charge in [0.2, 0.25) is 5.82 Å². The second kappa shape index (κ2) is 19.2. The number of amides is 1. The summed E-state index contributed by atoms with van der Waals surface area (Å²) in [6.45, 7) is 8.75. The predicted octanol–water partition coefficient (Wildman–Crippen LogP) is 5.62. The van der Waals surface area contributed by atoms with E-state index in [1.807, 2.05) is 31.2 Å². The zero-order valence-electron chi connectivity index (χ0n) is 27.4. The summed E-state index contributed by atoms with van der Waals surface area (Å²) < 4.78 is 63.5. The van der Waals surface area contributed by atoms with Crippen LogP contribution in [0.2, 0.25) is 0 Å². The number of alkyl halides is 6. The van der Waals surface area contributed by atoms with Crippen LogP contribution in [0.3, 0.4) is 0 Å². The summed E-state index contributed by atoms with van der Waals surface area (Å²) >= 11 is 0. The molecule has 1 aliphatic rings. The maximum Gasteiger partial charge on any atom is 0.490 e. The maximum absolute atomic E-state index is 12.9. The van der Waals surface area contributed by atoms with Crippen LogP contribution in [-0.2, 0) is 9.59 Å². The van der Waals surface area contributed by atoms with E-state index in [9.17, 15) is 31.1 Å². The molecule has 0 bridgehead atoms. The van der Waals surface area contributed by atoms with Gasteiger partial charge in [0, 0.05) is 11.9 Å². The summed E-state index contributed by atoms with van der Waals surface area (Å²) in [7, 11) is 0. The monoisotopic (exact) mass is 705 g/mol. The van der Waals surface area contributed by atoms with Crippen LogP contribution in [0.25, 0.3) is 10.9 Å². The molecule has 1 aromatic heterocycles. The van der Waals surface area contributed by atoms with Crippen LogP contribution in [0.1, 0.15) is 75.5 Å². The van der Waals surface area contributed by atoms with E-state index >= 15 is 0 Å². The Hall–Kier alpha value is -4.90. The molecule has 2 atom stereocenters. The van der Waals surface area contributed by atoms with Gasteiger partial charge in [-0.25, -0.2) is 24.5 Å². The molecule has 2 unspecified atom stereocenters. The number of carbonyl (C=O) groups is 3. The number of nitrogens with two attached hydrogens (primary N) is 2. The molecule has 2 aromatic rings. The summed E-state index contributed by atoms with van der Waals surface area (Å²) in [5.41, 5.74) is 15.7. The SMILES string of the molecule is CC(C)=CCC/C(C)=C/CNC(=O)c1nc(NC2CCCCC2N=C(N)N)c2cc(C)ccc2n1.O=C(O)C(F)(F)F.O=C(O)C(F)(F)F. The molecule has 0 spiro atoms. The van der Waals surface area contributed by atoms with Gasteiger partial charge in [-0.15, -0.1) is 0 Å². The zero-order valence-corrected chi connectivity index (χ0v) is 27.4. The summed E-state index contributed by atoms with van der Waals surface area (Å²) in [5, 5.41) is 21.6. The predicted molar refractivity (Wildman–Crippen MR) is 172 cm³/mol. The maximum atomic E-state index is 12.9. The van der Waals surface area contributed by atoms with Gasteiger partial charge < -0.3 is 32.3 Å². The number of allylic oxidation sites excluding steroid dienone is 3. The summed E-state index contributed by atoms with van der Waals surface area (Å²) in [6, 6.07) is 5.96. The molecule has 1 heterocycles. The number of aliphatic carboxylic acids is 2. The third-order valence-electron chi connectivity index (χ3n) is 6.71. The van der Waals surface area contributed by atoms with Crippen LogP contribution >= 0.6 is 0 Å². The Labute approximate surface area is 278 Å². The lowest BCUT2D eigenvalue weighted by atomic mass is 9.90. The second-order valence-electron chi connectivity index (χ2n) is 11.3. The number of guanidine groups is 1. The number of aliphatic imine (C=N–C) groups is 1. The highest BCUT2D eigenvalue weighted by atomic mass is 19.4. The van der Waals surface area contributed by atoms with Crippen LogP contribution in [0.15, 0.2) is 46.5 Å². The van der Waals surface area contributed by atoms with Crippen molar-refractivity contribution in [2.45, 2.75) is 90.7 Å². The number of carboxylic acids is 2. The Morgan fingerprint density at radius 3 is 2.06 bits per heavy atom. The molecule has 8 N–H and O–H groups in total. The number of carbonyl (C=O) groups excluding carboxylic acids is 1. The molecule has 1 fully saturated rings. The number of aryl methyl sites for hydroxylation is 1. The topological polar surface area (TPSA) is 206 Å². The molecule has 12 nitrogen and oxygen atoms in total. The molecule has 18 heteroatoms. The number of hydrogen-bond acceptors (Lipinski definition) is 7. The molecule has 0 aliphatic heterocycles. The molecule has 49 heavy (non-hydrogen) atoms. The fourth-order valence-electron chi connectivity index (χ4n) is 4.34. The number of halogens is 6. The fourth-order valence-corrected chi connectivity index (χ4v) is 4.34. The molecule has 3 rings (SSSR count). The average Bonchev–Trinajstić information content (AvgIpc) is 2.97. The minimum absolute atomic E-state index is 0.0275. The smallest absolute Gasteiger partial charge is 0.475 e. The molecule has 1 aliphatic carbocycles. The third kappa shape index (κ3) is 16.2. The first-order chi connectivity index (χ1) is 22.6. The van der Waals surface area contributed by atoms with Gasteiger partial charge in [0.05, 0.1) is 17.6 Å². The molecular formula is C31H41F6N7O5. The van der Waals surface area contributed by atoms with E-state index in [2.05, 4.69) is 52.4 Å². The van der Waals surface area contributed by atoms with Crippen molar-refractivity contribution >= 4 is 40.5 Å². The van der Waals surface area contributed by atoms with E-state index in [4.69, 9.17) is 31.3 Å². The van der Waals surface area contributed by atoms with Gasteiger partial charge in [-0.2, -0.15) is 26.3 Å². The Morgan fingerprint density at radius 2 is 1.53 bits per heavy atom. The van der Waals surface area contributed by atoms with Crippen molar-refractivity contribution in [3.63, 3.8) is 0 Å². The molecule has 1 amide bonds. The minimum Gasteiger partial charge on any atom is -0.475 e. The number of hydrogen-bond donors (Lipinski definition) is 6. The number of anilines is 1. The lowest BCUT2D eigenvalue weighted by Crippen LogP contribution is -2.38. The van der Waals surface area contributed by atoms with Crippen LogP contribution < -0.4 is 22.1 Å². The molecule has 1 aromatic carbocycles. The van der Waals surface area contributed by atoms with Crippen molar-refractivity contribution in [2.75, 3.05) is 11.9 Å². The lowest BCUT2D eigenvalue weighted by Gasteiger charge is -2.30. The van der Waals surface area contributed by atoms with Gasteiger partial charge in [0.1, 0.15) is 5.82 Å². The van der Waals surface area contributed by atoms with Gasteiger partial charge in [0.15, 0.2) is 5.96 Å². The Bertz CT molecular complexity index is 1510.